The quantitative estimate of drug-likeness (QED) is 0.487. The summed E-state index contributed by atoms with van der Waals surface area (Å²) in [5.74, 6) is -0.454. The minimum absolute atomic E-state index is 0.101. The fraction of sp³-hybridized carbons (Fsp3) is 0.100. The Labute approximate surface area is 169 Å². The normalized spacial score (nSPS) is 10.7. The Kier molecular flexibility index (Phi) is 4.96. The van der Waals surface area contributed by atoms with Crippen LogP contribution in [-0.4, -0.2) is 41.3 Å². The summed E-state index contributed by atoms with van der Waals surface area (Å²) in [7, 11) is 2.82. The Morgan fingerprint density at radius 2 is 1.79 bits per heavy atom. The third kappa shape index (κ3) is 3.43. The number of rotatable bonds is 5. The molecule has 9 heteroatoms. The number of aromatic nitrogens is 3. The van der Waals surface area contributed by atoms with E-state index in [2.05, 4.69) is 20.5 Å². The van der Waals surface area contributed by atoms with Gasteiger partial charge in [0.25, 0.3) is 5.91 Å². The molecule has 0 aliphatic heterocycles. The number of hydrogen-bond donors (Lipinski definition) is 2. The number of fused-ring (bicyclic) bond motifs is 1. The van der Waals surface area contributed by atoms with E-state index in [0.717, 1.165) is 16.9 Å². The van der Waals surface area contributed by atoms with E-state index in [9.17, 15) is 9.59 Å². The Balaban J connectivity index is 1.72. The summed E-state index contributed by atoms with van der Waals surface area (Å²) in [5, 5.41) is 10.6. The number of methoxy groups -OCH3 is 2. The van der Waals surface area contributed by atoms with Crippen LogP contribution in [0.25, 0.3) is 21.3 Å². The maximum atomic E-state index is 12.7. The van der Waals surface area contributed by atoms with Gasteiger partial charge >= 0.3 is 5.97 Å². The van der Waals surface area contributed by atoms with Gasteiger partial charge in [-0.15, -0.1) is 0 Å². The first kappa shape index (κ1) is 18.6. The molecule has 0 spiro atoms. The van der Waals surface area contributed by atoms with Crippen LogP contribution in [0.3, 0.4) is 0 Å². The summed E-state index contributed by atoms with van der Waals surface area (Å²) in [5.41, 5.74) is 1.78. The van der Waals surface area contributed by atoms with E-state index >= 15 is 0 Å². The van der Waals surface area contributed by atoms with Crippen LogP contribution in [0.5, 0.6) is 5.75 Å². The molecule has 4 rings (SSSR count). The fourth-order valence-electron chi connectivity index (χ4n) is 2.92. The molecule has 2 N–H and O–H groups in total. The van der Waals surface area contributed by atoms with Crippen molar-refractivity contribution in [3.8, 4) is 16.2 Å². The average molecular weight is 408 g/mol. The SMILES string of the molecule is COC(=O)c1nc(NC(=O)c2n[nH]c3ccccc23)sc1-c1ccccc1OC. The standard InChI is InChI=1S/C20H16N4O4S/c1-27-14-10-6-4-8-12(14)17-16(19(26)28-2)21-20(29-17)22-18(25)15-11-7-3-5-9-13(11)23-24-15/h3-10H,1-2H3,(H,23,24)(H,21,22,25). The van der Waals surface area contributed by atoms with Crippen LogP contribution >= 0.6 is 11.3 Å². The molecule has 4 aromatic rings. The number of H-pyrrole nitrogens is 1. The van der Waals surface area contributed by atoms with E-state index in [1.807, 2.05) is 36.4 Å². The number of ether oxygens (including phenoxy) is 2. The number of thiazole rings is 1. The lowest BCUT2D eigenvalue weighted by atomic mass is 10.1. The molecule has 8 nitrogen and oxygen atoms in total. The molecule has 0 saturated carbocycles. The van der Waals surface area contributed by atoms with Gasteiger partial charge in [-0.1, -0.05) is 41.7 Å². The van der Waals surface area contributed by atoms with Gasteiger partial charge < -0.3 is 9.47 Å². The molecule has 146 valence electrons. The van der Waals surface area contributed by atoms with Crippen LogP contribution in [0.15, 0.2) is 48.5 Å². The molecule has 0 aliphatic carbocycles. The van der Waals surface area contributed by atoms with Crippen molar-refractivity contribution in [3.63, 3.8) is 0 Å². The fourth-order valence-corrected chi connectivity index (χ4v) is 3.89. The monoisotopic (exact) mass is 408 g/mol. The van der Waals surface area contributed by atoms with Crippen molar-refractivity contribution in [2.75, 3.05) is 19.5 Å². The first-order chi connectivity index (χ1) is 14.1. The summed E-state index contributed by atoms with van der Waals surface area (Å²) < 4.78 is 10.2. The zero-order valence-electron chi connectivity index (χ0n) is 15.6. The summed E-state index contributed by atoms with van der Waals surface area (Å²) in [6.07, 6.45) is 0. The Hall–Kier alpha value is -3.72. The molecule has 1 amide bonds. The highest BCUT2D eigenvalue weighted by Crippen LogP contribution is 2.38. The predicted molar refractivity (Wildman–Crippen MR) is 109 cm³/mol. The largest absolute Gasteiger partial charge is 0.496 e. The highest BCUT2D eigenvalue weighted by Gasteiger charge is 2.24. The second-order valence-electron chi connectivity index (χ2n) is 5.96. The number of amides is 1. The molecule has 29 heavy (non-hydrogen) atoms. The molecule has 2 aromatic heterocycles. The molecule has 0 fully saturated rings. The van der Waals surface area contributed by atoms with Crippen molar-refractivity contribution in [1.29, 1.82) is 0 Å². The first-order valence-corrected chi connectivity index (χ1v) is 9.41. The predicted octanol–water partition coefficient (Wildman–Crippen LogP) is 3.73. The Morgan fingerprint density at radius 1 is 1.03 bits per heavy atom. The molecular weight excluding hydrogens is 392 g/mol. The van der Waals surface area contributed by atoms with Gasteiger partial charge in [0.2, 0.25) is 0 Å². The number of hydrogen-bond acceptors (Lipinski definition) is 7. The minimum atomic E-state index is -0.604. The number of benzene rings is 2. The number of para-hydroxylation sites is 2. The summed E-state index contributed by atoms with van der Waals surface area (Å²) in [6, 6.07) is 14.6. The summed E-state index contributed by atoms with van der Waals surface area (Å²) in [4.78, 5) is 29.8. The van der Waals surface area contributed by atoms with E-state index in [4.69, 9.17) is 9.47 Å². The van der Waals surface area contributed by atoms with Crippen molar-refractivity contribution < 1.29 is 19.1 Å². The minimum Gasteiger partial charge on any atom is -0.496 e. The lowest BCUT2D eigenvalue weighted by molar-refractivity contribution is 0.0595. The van der Waals surface area contributed by atoms with Crippen molar-refractivity contribution in [2.45, 2.75) is 0 Å². The number of carbonyl (C=O) groups is 2. The van der Waals surface area contributed by atoms with Crippen molar-refractivity contribution in [1.82, 2.24) is 15.2 Å². The molecule has 2 heterocycles. The highest BCUT2D eigenvalue weighted by atomic mass is 32.1. The number of nitrogens with zero attached hydrogens (tertiary/aromatic N) is 2. The second kappa shape index (κ2) is 7.72. The number of esters is 1. The smallest absolute Gasteiger partial charge is 0.358 e. The molecule has 0 saturated heterocycles. The molecule has 0 aliphatic rings. The molecule has 0 unspecified atom stereocenters. The van der Waals surface area contributed by atoms with Gasteiger partial charge in [-0.05, 0) is 18.2 Å². The number of nitrogens with one attached hydrogen (secondary N) is 2. The lowest BCUT2D eigenvalue weighted by Gasteiger charge is -2.06. The maximum Gasteiger partial charge on any atom is 0.358 e. The van der Waals surface area contributed by atoms with E-state index in [1.165, 1.54) is 7.11 Å². The van der Waals surface area contributed by atoms with Crippen LogP contribution in [0, 0.1) is 0 Å². The highest BCUT2D eigenvalue weighted by molar-refractivity contribution is 7.19. The zero-order chi connectivity index (χ0) is 20.4. The van der Waals surface area contributed by atoms with Gasteiger partial charge in [-0.3, -0.25) is 15.2 Å². The van der Waals surface area contributed by atoms with Gasteiger partial charge in [-0.25, -0.2) is 9.78 Å². The molecule has 0 atom stereocenters. The van der Waals surface area contributed by atoms with E-state index < -0.39 is 11.9 Å². The zero-order valence-corrected chi connectivity index (χ0v) is 16.4. The molecular formula is C20H16N4O4S. The molecule has 0 bridgehead atoms. The van der Waals surface area contributed by atoms with Gasteiger partial charge in [0, 0.05) is 10.9 Å². The third-order valence-corrected chi connectivity index (χ3v) is 5.27. The molecule has 2 aromatic carbocycles. The van der Waals surface area contributed by atoms with E-state index in [1.54, 1.807) is 19.2 Å². The number of anilines is 1. The van der Waals surface area contributed by atoms with Gasteiger partial charge in [0.05, 0.1) is 24.6 Å². The van der Waals surface area contributed by atoms with Crippen LogP contribution < -0.4 is 10.1 Å². The third-order valence-electron chi connectivity index (χ3n) is 4.26. The van der Waals surface area contributed by atoms with E-state index in [-0.39, 0.29) is 16.5 Å². The topological polar surface area (TPSA) is 106 Å². The number of carbonyl (C=O) groups excluding carboxylic acids is 2. The van der Waals surface area contributed by atoms with E-state index in [0.29, 0.717) is 21.6 Å². The molecule has 0 radical (unpaired) electrons. The van der Waals surface area contributed by atoms with Crippen LogP contribution in [-0.2, 0) is 4.74 Å². The first-order valence-electron chi connectivity index (χ1n) is 8.59. The summed E-state index contributed by atoms with van der Waals surface area (Å²) >= 11 is 1.15. The lowest BCUT2D eigenvalue weighted by Crippen LogP contribution is -2.13. The second-order valence-corrected chi connectivity index (χ2v) is 6.96. The van der Waals surface area contributed by atoms with Gasteiger partial charge in [0.15, 0.2) is 16.5 Å². The van der Waals surface area contributed by atoms with Crippen LogP contribution in [0.1, 0.15) is 21.0 Å². The van der Waals surface area contributed by atoms with Gasteiger partial charge in [-0.2, -0.15) is 5.10 Å². The van der Waals surface area contributed by atoms with Crippen molar-refractivity contribution >= 4 is 39.2 Å². The average Bonchev–Trinajstić information content (AvgIpc) is 3.37. The van der Waals surface area contributed by atoms with Crippen molar-refractivity contribution in [2.24, 2.45) is 0 Å². The number of aromatic amines is 1. The Bertz CT molecular complexity index is 1210. The van der Waals surface area contributed by atoms with Gasteiger partial charge in [0.1, 0.15) is 5.75 Å². The van der Waals surface area contributed by atoms with Crippen molar-refractivity contribution in [3.05, 3.63) is 59.9 Å². The Morgan fingerprint density at radius 3 is 2.59 bits per heavy atom. The van der Waals surface area contributed by atoms with Crippen LogP contribution in [0.2, 0.25) is 0 Å². The van der Waals surface area contributed by atoms with Crippen LogP contribution in [0.4, 0.5) is 5.13 Å². The summed E-state index contributed by atoms with van der Waals surface area (Å²) in [6.45, 7) is 0. The maximum absolute atomic E-state index is 12.7.